The lowest BCUT2D eigenvalue weighted by atomic mass is 9.87. The van der Waals surface area contributed by atoms with Crippen molar-refractivity contribution in [2.75, 3.05) is 6.61 Å². The number of carbonyl (C=O) groups is 3. The molecule has 0 radical (unpaired) electrons. The van der Waals surface area contributed by atoms with Crippen molar-refractivity contribution in [3.8, 4) is 0 Å². The Kier molecular flexibility index (Phi) is 5.64. The average molecular weight is 226 g/mol. The highest BCUT2D eigenvalue weighted by Crippen LogP contribution is 2.22. The molecule has 16 heavy (non-hydrogen) atoms. The van der Waals surface area contributed by atoms with Crippen LogP contribution in [-0.4, -0.2) is 24.1 Å². The summed E-state index contributed by atoms with van der Waals surface area (Å²) < 4.78 is 4.87. The summed E-state index contributed by atoms with van der Waals surface area (Å²) in [5.74, 6) is -0.789. The standard InChI is InChI=1S/C12H18O4/c1-5-11(15)16-8-12(3,4)7-10(14)6-9(2)13/h5H,1,6-8H2,2-4H3. The molecule has 0 atom stereocenters. The molecule has 0 unspecified atom stereocenters. The molecule has 4 nitrogen and oxygen atoms in total. The molecular formula is C12H18O4. The van der Waals surface area contributed by atoms with Crippen molar-refractivity contribution in [1.82, 2.24) is 0 Å². The summed E-state index contributed by atoms with van der Waals surface area (Å²) in [6.07, 6.45) is 1.24. The molecular weight excluding hydrogens is 208 g/mol. The number of hydrogen-bond donors (Lipinski definition) is 0. The number of carbonyl (C=O) groups excluding carboxylic acids is 3. The second-order valence-electron chi connectivity index (χ2n) is 4.57. The van der Waals surface area contributed by atoms with E-state index >= 15 is 0 Å². The Labute approximate surface area is 95.7 Å². The van der Waals surface area contributed by atoms with Gasteiger partial charge in [-0.2, -0.15) is 0 Å². The number of hydrogen-bond acceptors (Lipinski definition) is 4. The van der Waals surface area contributed by atoms with Crippen LogP contribution < -0.4 is 0 Å². The highest BCUT2D eigenvalue weighted by Gasteiger charge is 2.24. The van der Waals surface area contributed by atoms with E-state index in [4.69, 9.17) is 4.74 Å². The van der Waals surface area contributed by atoms with Crippen LogP contribution in [-0.2, 0) is 19.1 Å². The molecule has 0 aromatic rings. The van der Waals surface area contributed by atoms with Crippen LogP contribution in [0.2, 0.25) is 0 Å². The van der Waals surface area contributed by atoms with E-state index in [9.17, 15) is 14.4 Å². The molecule has 0 bridgehead atoms. The fourth-order valence-corrected chi connectivity index (χ4v) is 1.25. The van der Waals surface area contributed by atoms with E-state index in [0.29, 0.717) is 0 Å². The Morgan fingerprint density at radius 3 is 2.31 bits per heavy atom. The lowest BCUT2D eigenvalue weighted by Gasteiger charge is -2.22. The maximum atomic E-state index is 11.4. The van der Waals surface area contributed by atoms with Crippen LogP contribution in [0.1, 0.15) is 33.6 Å². The third-order valence-electron chi connectivity index (χ3n) is 1.89. The van der Waals surface area contributed by atoms with Crippen molar-refractivity contribution in [2.45, 2.75) is 33.6 Å². The van der Waals surface area contributed by atoms with Crippen LogP contribution in [0.25, 0.3) is 0 Å². The van der Waals surface area contributed by atoms with Gasteiger partial charge in [0.1, 0.15) is 11.6 Å². The Morgan fingerprint density at radius 2 is 1.88 bits per heavy atom. The third kappa shape index (κ3) is 6.92. The molecule has 0 amide bonds. The lowest BCUT2D eigenvalue weighted by Crippen LogP contribution is -2.25. The quantitative estimate of drug-likeness (QED) is 0.376. The van der Waals surface area contributed by atoms with E-state index in [1.54, 1.807) is 13.8 Å². The molecule has 0 N–H and O–H groups in total. The zero-order valence-corrected chi connectivity index (χ0v) is 10.0. The van der Waals surface area contributed by atoms with Gasteiger partial charge in [-0.15, -0.1) is 0 Å². The van der Waals surface area contributed by atoms with E-state index in [1.165, 1.54) is 6.92 Å². The summed E-state index contributed by atoms with van der Waals surface area (Å²) in [7, 11) is 0. The average Bonchev–Trinajstić information content (AvgIpc) is 2.11. The summed E-state index contributed by atoms with van der Waals surface area (Å²) in [6, 6.07) is 0. The Bertz CT molecular complexity index is 302. The smallest absolute Gasteiger partial charge is 0.330 e. The first-order valence-electron chi connectivity index (χ1n) is 5.07. The van der Waals surface area contributed by atoms with Gasteiger partial charge < -0.3 is 4.74 Å². The number of ketones is 2. The summed E-state index contributed by atoms with van der Waals surface area (Å²) in [4.78, 5) is 33.0. The second kappa shape index (κ2) is 6.20. The van der Waals surface area contributed by atoms with Gasteiger partial charge in [0.2, 0.25) is 0 Å². The Balaban J connectivity index is 4.12. The second-order valence-corrected chi connectivity index (χ2v) is 4.57. The van der Waals surface area contributed by atoms with E-state index in [2.05, 4.69) is 6.58 Å². The summed E-state index contributed by atoms with van der Waals surface area (Å²) in [6.45, 7) is 8.41. The van der Waals surface area contributed by atoms with Crippen LogP contribution in [0.3, 0.4) is 0 Å². The first-order valence-corrected chi connectivity index (χ1v) is 5.07. The molecule has 0 rings (SSSR count). The SMILES string of the molecule is C=CC(=O)OCC(C)(C)CC(=O)CC(C)=O. The molecule has 0 aliphatic carbocycles. The van der Waals surface area contributed by atoms with Gasteiger partial charge in [-0.25, -0.2) is 4.79 Å². The Morgan fingerprint density at radius 1 is 1.31 bits per heavy atom. The van der Waals surface area contributed by atoms with Crippen LogP contribution in [0, 0.1) is 5.41 Å². The van der Waals surface area contributed by atoms with Gasteiger partial charge in [-0.05, 0) is 6.92 Å². The van der Waals surface area contributed by atoms with Crippen LogP contribution >= 0.6 is 0 Å². The number of rotatable bonds is 7. The zero-order chi connectivity index (χ0) is 12.8. The molecule has 0 saturated heterocycles. The molecule has 90 valence electrons. The van der Waals surface area contributed by atoms with Gasteiger partial charge in [0.25, 0.3) is 0 Å². The predicted octanol–water partition coefficient (Wildman–Crippen LogP) is 1.68. The van der Waals surface area contributed by atoms with Crippen LogP contribution in [0.15, 0.2) is 12.7 Å². The molecule has 0 saturated carbocycles. The fraction of sp³-hybridized carbons (Fsp3) is 0.583. The topological polar surface area (TPSA) is 60.4 Å². The normalized spacial score (nSPS) is 10.7. The van der Waals surface area contributed by atoms with Crippen molar-refractivity contribution >= 4 is 17.5 Å². The minimum absolute atomic E-state index is 0.0567. The molecule has 0 aliphatic rings. The van der Waals surface area contributed by atoms with Gasteiger partial charge >= 0.3 is 5.97 Å². The van der Waals surface area contributed by atoms with Gasteiger partial charge in [0, 0.05) is 17.9 Å². The van der Waals surface area contributed by atoms with Crippen LogP contribution in [0.4, 0.5) is 0 Å². The van der Waals surface area contributed by atoms with Crippen molar-refractivity contribution in [2.24, 2.45) is 5.41 Å². The molecule has 0 aliphatic heterocycles. The van der Waals surface area contributed by atoms with E-state index in [-0.39, 0.29) is 31.0 Å². The highest BCUT2D eigenvalue weighted by atomic mass is 16.5. The minimum atomic E-state index is -0.507. The monoisotopic (exact) mass is 226 g/mol. The Hall–Kier alpha value is -1.45. The molecule has 0 aromatic carbocycles. The predicted molar refractivity (Wildman–Crippen MR) is 59.9 cm³/mol. The van der Waals surface area contributed by atoms with Crippen molar-refractivity contribution < 1.29 is 19.1 Å². The van der Waals surface area contributed by atoms with E-state index < -0.39 is 11.4 Å². The molecule has 0 spiro atoms. The van der Waals surface area contributed by atoms with Crippen LogP contribution in [0.5, 0.6) is 0 Å². The lowest BCUT2D eigenvalue weighted by molar-refractivity contribution is -0.142. The van der Waals surface area contributed by atoms with Crippen molar-refractivity contribution in [3.05, 3.63) is 12.7 Å². The number of esters is 1. The molecule has 4 heteroatoms. The molecule has 0 heterocycles. The summed E-state index contributed by atoms with van der Waals surface area (Å²) in [5, 5.41) is 0. The summed E-state index contributed by atoms with van der Waals surface area (Å²) in [5.41, 5.74) is -0.453. The maximum absolute atomic E-state index is 11.4. The zero-order valence-electron chi connectivity index (χ0n) is 10.0. The first kappa shape index (κ1) is 14.6. The summed E-state index contributed by atoms with van der Waals surface area (Å²) >= 11 is 0. The first-order chi connectivity index (χ1) is 7.26. The number of ether oxygens (including phenoxy) is 1. The third-order valence-corrected chi connectivity index (χ3v) is 1.89. The maximum Gasteiger partial charge on any atom is 0.330 e. The minimum Gasteiger partial charge on any atom is -0.462 e. The highest BCUT2D eigenvalue weighted by molar-refractivity contribution is 5.98. The van der Waals surface area contributed by atoms with Gasteiger partial charge in [-0.1, -0.05) is 20.4 Å². The number of Topliss-reactive ketones (excluding diaryl/α,β-unsaturated/α-hetero) is 2. The molecule has 0 aromatic heterocycles. The van der Waals surface area contributed by atoms with Crippen molar-refractivity contribution in [1.29, 1.82) is 0 Å². The largest absolute Gasteiger partial charge is 0.462 e. The van der Waals surface area contributed by atoms with Gasteiger partial charge in [-0.3, -0.25) is 9.59 Å². The van der Waals surface area contributed by atoms with Gasteiger partial charge in [0.15, 0.2) is 0 Å². The van der Waals surface area contributed by atoms with E-state index in [0.717, 1.165) is 6.08 Å². The van der Waals surface area contributed by atoms with Gasteiger partial charge in [0.05, 0.1) is 13.0 Å². The molecule has 0 fully saturated rings. The van der Waals surface area contributed by atoms with Crippen molar-refractivity contribution in [3.63, 3.8) is 0 Å². The fourth-order valence-electron chi connectivity index (χ4n) is 1.25. The van der Waals surface area contributed by atoms with E-state index in [1.807, 2.05) is 0 Å².